The number of benzene rings is 1. The fraction of sp³-hybridized carbons (Fsp3) is 0.591. The highest BCUT2D eigenvalue weighted by Crippen LogP contribution is 2.33. The number of hydrogen-bond donors (Lipinski definition) is 2. The standard InChI is InChI=1S/C22H30F2N4O5/c1-3-32-17-13-15(7-8-16(17)33-20(23)24)14-27(2)12-9-18(29)26-28-19(30)22(25-21(28)31)10-5-4-6-11-22/h7-8,13,20H,3-6,9-12,14H2,1-2H3,(H,25,31)(H,26,29). The SMILES string of the molecule is CCOc1cc(CN(C)CCC(=O)NN2C(=O)NC3(CCCCC3)C2=O)ccc1OC(F)F. The van der Waals surface area contributed by atoms with Crippen LogP contribution in [-0.4, -0.2) is 60.1 Å². The smallest absolute Gasteiger partial charge is 0.387 e. The molecule has 182 valence electrons. The molecule has 9 nitrogen and oxygen atoms in total. The maximum atomic E-state index is 12.7. The van der Waals surface area contributed by atoms with Crippen molar-refractivity contribution in [2.24, 2.45) is 0 Å². The first kappa shape index (κ1) is 24.7. The highest BCUT2D eigenvalue weighted by molar-refractivity contribution is 6.08. The molecule has 0 atom stereocenters. The van der Waals surface area contributed by atoms with Gasteiger partial charge in [-0.15, -0.1) is 0 Å². The molecule has 2 N–H and O–H groups in total. The number of amides is 4. The van der Waals surface area contributed by atoms with Gasteiger partial charge in [-0.3, -0.25) is 15.0 Å². The third-order valence-corrected chi connectivity index (χ3v) is 5.80. The molecule has 1 saturated carbocycles. The predicted octanol–water partition coefficient (Wildman–Crippen LogP) is 2.79. The Balaban J connectivity index is 1.51. The highest BCUT2D eigenvalue weighted by atomic mass is 19.3. The number of carbonyl (C=O) groups is 3. The molecule has 33 heavy (non-hydrogen) atoms. The number of hydrazine groups is 1. The maximum absolute atomic E-state index is 12.7. The minimum atomic E-state index is -2.95. The number of imide groups is 1. The van der Waals surface area contributed by atoms with E-state index in [4.69, 9.17) is 4.74 Å². The van der Waals surface area contributed by atoms with Gasteiger partial charge in [-0.2, -0.15) is 13.8 Å². The van der Waals surface area contributed by atoms with Gasteiger partial charge in [0.1, 0.15) is 5.54 Å². The van der Waals surface area contributed by atoms with Crippen LogP contribution in [0.15, 0.2) is 18.2 Å². The Morgan fingerprint density at radius 1 is 1.24 bits per heavy atom. The predicted molar refractivity (Wildman–Crippen MR) is 115 cm³/mol. The zero-order valence-corrected chi connectivity index (χ0v) is 18.9. The second kappa shape index (κ2) is 10.8. The Bertz CT molecular complexity index is 876. The molecule has 2 aliphatic rings. The first-order valence-corrected chi connectivity index (χ1v) is 11.1. The second-order valence-electron chi connectivity index (χ2n) is 8.33. The Labute approximate surface area is 191 Å². The molecule has 1 saturated heterocycles. The maximum Gasteiger partial charge on any atom is 0.387 e. The van der Waals surface area contributed by atoms with Crippen molar-refractivity contribution in [2.45, 2.75) is 64.1 Å². The van der Waals surface area contributed by atoms with Crippen LogP contribution in [0.25, 0.3) is 0 Å². The number of urea groups is 1. The fourth-order valence-corrected chi connectivity index (χ4v) is 4.19. The molecular formula is C22H30F2N4O5. The lowest BCUT2D eigenvalue weighted by Gasteiger charge is -2.30. The Kier molecular flexibility index (Phi) is 8.06. The lowest BCUT2D eigenvalue weighted by Crippen LogP contribution is -2.51. The van der Waals surface area contributed by atoms with Gasteiger partial charge in [-0.05, 0) is 44.5 Å². The quantitative estimate of drug-likeness (QED) is 0.513. The van der Waals surface area contributed by atoms with Gasteiger partial charge in [-0.1, -0.05) is 25.3 Å². The number of halogens is 2. The van der Waals surface area contributed by atoms with Crippen LogP contribution in [0.3, 0.4) is 0 Å². The van der Waals surface area contributed by atoms with E-state index < -0.39 is 30.0 Å². The van der Waals surface area contributed by atoms with Crippen molar-refractivity contribution in [1.29, 1.82) is 0 Å². The van der Waals surface area contributed by atoms with Gasteiger partial charge in [0.05, 0.1) is 6.61 Å². The van der Waals surface area contributed by atoms with Crippen molar-refractivity contribution in [3.63, 3.8) is 0 Å². The van der Waals surface area contributed by atoms with Crippen LogP contribution in [0.4, 0.5) is 13.6 Å². The molecule has 0 unspecified atom stereocenters. The molecule has 3 rings (SSSR count). The average molecular weight is 469 g/mol. The summed E-state index contributed by atoms with van der Waals surface area (Å²) in [5.74, 6) is -0.670. The Hall–Kier alpha value is -2.95. The van der Waals surface area contributed by atoms with Crippen molar-refractivity contribution in [2.75, 3.05) is 20.2 Å². The third-order valence-electron chi connectivity index (χ3n) is 5.80. The second-order valence-corrected chi connectivity index (χ2v) is 8.33. The Morgan fingerprint density at radius 2 is 1.97 bits per heavy atom. The van der Waals surface area contributed by atoms with Gasteiger partial charge < -0.3 is 19.7 Å². The molecule has 0 bridgehead atoms. The van der Waals surface area contributed by atoms with Crippen LogP contribution in [-0.2, 0) is 16.1 Å². The zero-order valence-electron chi connectivity index (χ0n) is 18.9. The van der Waals surface area contributed by atoms with Crippen molar-refractivity contribution in [3.05, 3.63) is 23.8 Å². The van der Waals surface area contributed by atoms with E-state index in [9.17, 15) is 23.2 Å². The first-order valence-electron chi connectivity index (χ1n) is 11.1. The lowest BCUT2D eigenvalue weighted by atomic mass is 9.82. The summed E-state index contributed by atoms with van der Waals surface area (Å²) in [5, 5.41) is 3.54. The van der Waals surface area contributed by atoms with E-state index in [0.717, 1.165) is 29.8 Å². The molecule has 2 fully saturated rings. The van der Waals surface area contributed by atoms with Crippen LogP contribution >= 0.6 is 0 Å². The van der Waals surface area contributed by atoms with Crippen LogP contribution in [0.1, 0.15) is 51.0 Å². The third kappa shape index (κ3) is 6.10. The number of nitrogens with zero attached hydrogens (tertiary/aromatic N) is 2. The van der Waals surface area contributed by atoms with E-state index >= 15 is 0 Å². The van der Waals surface area contributed by atoms with Gasteiger partial charge in [0.2, 0.25) is 5.91 Å². The zero-order chi connectivity index (χ0) is 24.0. The molecule has 1 aromatic carbocycles. The summed E-state index contributed by atoms with van der Waals surface area (Å²) in [6, 6.07) is 4.09. The molecule has 1 aromatic rings. The minimum absolute atomic E-state index is 0.0399. The summed E-state index contributed by atoms with van der Waals surface area (Å²) in [6.45, 7) is -0.142. The van der Waals surface area contributed by atoms with Gasteiger partial charge in [-0.25, -0.2) is 4.79 Å². The van der Waals surface area contributed by atoms with Gasteiger partial charge in [0.25, 0.3) is 5.91 Å². The normalized spacial score (nSPS) is 17.6. The largest absolute Gasteiger partial charge is 0.490 e. The van der Waals surface area contributed by atoms with E-state index in [1.54, 1.807) is 26.1 Å². The van der Waals surface area contributed by atoms with Gasteiger partial charge >= 0.3 is 12.6 Å². The van der Waals surface area contributed by atoms with Crippen LogP contribution in [0.5, 0.6) is 11.5 Å². The lowest BCUT2D eigenvalue weighted by molar-refractivity contribution is -0.140. The number of rotatable bonds is 10. The van der Waals surface area contributed by atoms with Crippen LogP contribution in [0.2, 0.25) is 0 Å². The molecule has 1 aliphatic carbocycles. The van der Waals surface area contributed by atoms with E-state index in [1.165, 1.54) is 6.07 Å². The molecule has 11 heteroatoms. The highest BCUT2D eigenvalue weighted by Gasteiger charge is 2.52. The number of ether oxygens (including phenoxy) is 2. The average Bonchev–Trinajstić information content (AvgIpc) is 2.98. The molecule has 4 amide bonds. The van der Waals surface area contributed by atoms with E-state index in [0.29, 0.717) is 32.5 Å². The van der Waals surface area contributed by atoms with Crippen molar-refractivity contribution >= 4 is 17.8 Å². The van der Waals surface area contributed by atoms with Gasteiger partial charge in [0.15, 0.2) is 11.5 Å². The summed E-state index contributed by atoms with van der Waals surface area (Å²) in [6.07, 6.45) is 3.97. The number of alkyl halides is 2. The number of nitrogens with one attached hydrogen (secondary N) is 2. The molecule has 1 heterocycles. The monoisotopic (exact) mass is 468 g/mol. The van der Waals surface area contributed by atoms with Crippen molar-refractivity contribution in [1.82, 2.24) is 20.7 Å². The van der Waals surface area contributed by atoms with E-state index in [-0.39, 0.29) is 17.9 Å². The summed E-state index contributed by atoms with van der Waals surface area (Å²) in [5.41, 5.74) is 2.32. The van der Waals surface area contributed by atoms with Crippen LogP contribution in [0, 0.1) is 0 Å². The fourth-order valence-electron chi connectivity index (χ4n) is 4.19. The van der Waals surface area contributed by atoms with E-state index in [2.05, 4.69) is 15.5 Å². The summed E-state index contributed by atoms with van der Waals surface area (Å²) in [4.78, 5) is 39.2. The van der Waals surface area contributed by atoms with Crippen LogP contribution < -0.4 is 20.2 Å². The summed E-state index contributed by atoms with van der Waals surface area (Å²) in [7, 11) is 1.79. The molecule has 1 aliphatic heterocycles. The molecule has 1 spiro atoms. The molecular weight excluding hydrogens is 438 g/mol. The van der Waals surface area contributed by atoms with E-state index in [1.807, 2.05) is 4.90 Å². The first-order chi connectivity index (χ1) is 15.7. The molecule has 0 aromatic heterocycles. The molecule has 0 radical (unpaired) electrons. The van der Waals surface area contributed by atoms with Gasteiger partial charge in [0, 0.05) is 19.5 Å². The minimum Gasteiger partial charge on any atom is -0.490 e. The summed E-state index contributed by atoms with van der Waals surface area (Å²) >= 11 is 0. The topological polar surface area (TPSA) is 100 Å². The Morgan fingerprint density at radius 3 is 2.64 bits per heavy atom. The number of hydrogen-bond acceptors (Lipinski definition) is 6. The van der Waals surface area contributed by atoms with Crippen molar-refractivity contribution < 1.29 is 32.6 Å². The summed E-state index contributed by atoms with van der Waals surface area (Å²) < 4.78 is 35.0. The number of carbonyl (C=O) groups excluding carboxylic acids is 3. The van der Waals surface area contributed by atoms with Crippen molar-refractivity contribution in [3.8, 4) is 11.5 Å².